The minimum atomic E-state index is -0.547. The fraction of sp³-hybridized carbons (Fsp3) is 0.0833. The largest absolute Gasteiger partial charge is 0.507 e. The van der Waals surface area contributed by atoms with Crippen LogP contribution in [0.15, 0.2) is 24.4 Å². The lowest BCUT2D eigenvalue weighted by Gasteiger charge is -2.07. The number of benzene rings is 1. The molecule has 2 N–H and O–H groups in total. The van der Waals surface area contributed by atoms with Crippen LogP contribution in [-0.2, 0) is 7.05 Å². The number of carbonyl (C=O) groups excluding carboxylic acids is 1. The minimum absolute atomic E-state index is 0.0643. The van der Waals surface area contributed by atoms with Crippen LogP contribution in [0, 0.1) is 11.3 Å². The number of hydrogen-bond donors (Lipinski definition) is 2. The molecule has 0 aliphatic rings. The van der Waals surface area contributed by atoms with E-state index >= 15 is 0 Å². The van der Waals surface area contributed by atoms with Crippen molar-refractivity contribution in [1.29, 1.82) is 5.26 Å². The first-order chi connectivity index (χ1) is 9.02. The number of phenolic OH excluding ortho intramolecular Hbond substituents is 1. The standard InChI is InChI=1S/C12H9ClN4O2/c1-17-11(7(5-14)6-15-17)16-12(19)9-3-2-8(13)4-10(9)18/h2-4,6,18H,1H3,(H,16,19). The van der Waals surface area contributed by atoms with E-state index in [0.717, 1.165) is 0 Å². The van der Waals surface area contributed by atoms with Gasteiger partial charge in [0.15, 0.2) is 0 Å². The van der Waals surface area contributed by atoms with E-state index in [1.54, 1.807) is 7.05 Å². The maximum Gasteiger partial charge on any atom is 0.260 e. The molecule has 6 nitrogen and oxygen atoms in total. The van der Waals surface area contributed by atoms with Crippen molar-refractivity contribution >= 4 is 23.3 Å². The Morgan fingerprint density at radius 2 is 2.32 bits per heavy atom. The van der Waals surface area contributed by atoms with Gasteiger partial charge in [-0.3, -0.25) is 9.48 Å². The molecule has 1 aromatic carbocycles. The molecule has 0 unspecified atom stereocenters. The van der Waals surface area contributed by atoms with E-state index in [1.165, 1.54) is 29.1 Å². The quantitative estimate of drug-likeness (QED) is 0.876. The van der Waals surface area contributed by atoms with Crippen molar-refractivity contribution in [2.75, 3.05) is 5.32 Å². The van der Waals surface area contributed by atoms with E-state index in [0.29, 0.717) is 5.02 Å². The van der Waals surface area contributed by atoms with Crippen molar-refractivity contribution in [3.05, 3.63) is 40.5 Å². The molecule has 0 atom stereocenters. The molecule has 0 fully saturated rings. The van der Waals surface area contributed by atoms with Gasteiger partial charge in [-0.1, -0.05) is 11.6 Å². The van der Waals surface area contributed by atoms with Crippen LogP contribution in [0.1, 0.15) is 15.9 Å². The van der Waals surface area contributed by atoms with Crippen LogP contribution < -0.4 is 5.32 Å². The fourth-order valence-corrected chi connectivity index (χ4v) is 1.71. The average molecular weight is 277 g/mol. The second kappa shape index (κ2) is 5.00. The lowest BCUT2D eigenvalue weighted by molar-refractivity contribution is 0.102. The Balaban J connectivity index is 2.31. The molecule has 0 saturated carbocycles. The van der Waals surface area contributed by atoms with Gasteiger partial charge in [-0.2, -0.15) is 10.4 Å². The number of amides is 1. The Morgan fingerprint density at radius 3 is 2.95 bits per heavy atom. The van der Waals surface area contributed by atoms with Crippen LogP contribution in [-0.4, -0.2) is 20.8 Å². The Hall–Kier alpha value is -2.52. The van der Waals surface area contributed by atoms with Gasteiger partial charge in [0.25, 0.3) is 5.91 Å². The number of anilines is 1. The van der Waals surface area contributed by atoms with E-state index in [1.807, 2.05) is 6.07 Å². The summed E-state index contributed by atoms with van der Waals surface area (Å²) in [6.45, 7) is 0. The van der Waals surface area contributed by atoms with Gasteiger partial charge >= 0.3 is 0 Å². The number of nitrogens with zero attached hydrogens (tertiary/aromatic N) is 3. The molecule has 19 heavy (non-hydrogen) atoms. The SMILES string of the molecule is Cn1ncc(C#N)c1NC(=O)c1ccc(Cl)cc1O. The van der Waals surface area contributed by atoms with Crippen molar-refractivity contribution in [1.82, 2.24) is 9.78 Å². The summed E-state index contributed by atoms with van der Waals surface area (Å²) >= 11 is 5.69. The van der Waals surface area contributed by atoms with Gasteiger partial charge in [0.2, 0.25) is 0 Å². The fourth-order valence-electron chi connectivity index (χ4n) is 1.54. The molecule has 96 valence electrons. The number of nitriles is 1. The molecule has 0 aliphatic heterocycles. The van der Waals surface area contributed by atoms with Crippen molar-refractivity contribution in [3.63, 3.8) is 0 Å². The Kier molecular flexibility index (Phi) is 3.40. The number of halogens is 1. The molecule has 0 spiro atoms. The molecular weight excluding hydrogens is 268 g/mol. The molecule has 1 aromatic heterocycles. The van der Waals surface area contributed by atoms with E-state index in [9.17, 15) is 9.90 Å². The zero-order valence-electron chi connectivity index (χ0n) is 9.88. The Morgan fingerprint density at radius 1 is 1.58 bits per heavy atom. The number of hydrogen-bond acceptors (Lipinski definition) is 4. The molecule has 2 rings (SSSR count). The van der Waals surface area contributed by atoms with Gasteiger partial charge in [-0.05, 0) is 18.2 Å². The van der Waals surface area contributed by atoms with Crippen LogP contribution in [0.4, 0.5) is 5.82 Å². The maximum absolute atomic E-state index is 12.0. The van der Waals surface area contributed by atoms with Gasteiger partial charge in [0.1, 0.15) is 23.2 Å². The third kappa shape index (κ3) is 2.51. The molecule has 7 heteroatoms. The van der Waals surface area contributed by atoms with Crippen molar-refractivity contribution < 1.29 is 9.90 Å². The minimum Gasteiger partial charge on any atom is -0.507 e. The maximum atomic E-state index is 12.0. The van der Waals surface area contributed by atoms with E-state index < -0.39 is 5.91 Å². The normalized spacial score (nSPS) is 9.95. The lowest BCUT2D eigenvalue weighted by Crippen LogP contribution is -2.15. The summed E-state index contributed by atoms with van der Waals surface area (Å²) < 4.78 is 1.36. The average Bonchev–Trinajstić information content (AvgIpc) is 2.70. The molecule has 0 saturated heterocycles. The monoisotopic (exact) mass is 276 g/mol. The summed E-state index contributed by atoms with van der Waals surface area (Å²) in [5.74, 6) is -0.512. The predicted octanol–water partition coefficient (Wildman–Crippen LogP) is 1.90. The van der Waals surface area contributed by atoms with Gasteiger partial charge in [0.05, 0.1) is 11.8 Å². The summed E-state index contributed by atoms with van der Waals surface area (Å²) in [7, 11) is 1.60. The topological polar surface area (TPSA) is 90.9 Å². The highest BCUT2D eigenvalue weighted by molar-refractivity contribution is 6.30. The molecule has 2 aromatic rings. The molecule has 0 aliphatic carbocycles. The highest BCUT2D eigenvalue weighted by atomic mass is 35.5. The third-order valence-corrected chi connectivity index (χ3v) is 2.73. The second-order valence-corrected chi connectivity index (χ2v) is 4.19. The zero-order chi connectivity index (χ0) is 14.0. The number of aryl methyl sites for hydroxylation is 1. The number of aromatic nitrogens is 2. The summed E-state index contributed by atoms with van der Waals surface area (Å²) in [6.07, 6.45) is 1.34. The van der Waals surface area contributed by atoms with Crippen molar-refractivity contribution in [2.24, 2.45) is 7.05 Å². The number of aromatic hydroxyl groups is 1. The zero-order valence-corrected chi connectivity index (χ0v) is 10.6. The van der Waals surface area contributed by atoms with E-state index in [-0.39, 0.29) is 22.7 Å². The summed E-state index contributed by atoms with van der Waals surface area (Å²) in [4.78, 5) is 12.0. The first-order valence-corrected chi connectivity index (χ1v) is 5.62. The number of nitrogens with one attached hydrogen (secondary N) is 1. The van der Waals surface area contributed by atoms with Crippen LogP contribution in [0.5, 0.6) is 5.75 Å². The molecule has 0 radical (unpaired) electrons. The van der Waals surface area contributed by atoms with Crippen LogP contribution in [0.2, 0.25) is 5.02 Å². The first-order valence-electron chi connectivity index (χ1n) is 5.25. The molecule has 1 amide bonds. The Labute approximate surface area is 113 Å². The van der Waals surface area contributed by atoms with Gasteiger partial charge in [0, 0.05) is 12.1 Å². The highest BCUT2D eigenvalue weighted by Crippen LogP contribution is 2.23. The van der Waals surface area contributed by atoms with Crippen molar-refractivity contribution in [3.8, 4) is 11.8 Å². The third-order valence-electron chi connectivity index (χ3n) is 2.50. The number of rotatable bonds is 2. The predicted molar refractivity (Wildman–Crippen MR) is 69.0 cm³/mol. The van der Waals surface area contributed by atoms with E-state index in [2.05, 4.69) is 10.4 Å². The van der Waals surface area contributed by atoms with Gasteiger partial charge < -0.3 is 10.4 Å². The Bertz CT molecular complexity index is 688. The van der Waals surface area contributed by atoms with Crippen molar-refractivity contribution in [2.45, 2.75) is 0 Å². The van der Waals surface area contributed by atoms with Crippen LogP contribution in [0.25, 0.3) is 0 Å². The van der Waals surface area contributed by atoms with Gasteiger partial charge in [-0.25, -0.2) is 0 Å². The summed E-state index contributed by atoms with van der Waals surface area (Å²) in [5.41, 5.74) is 0.304. The van der Waals surface area contributed by atoms with Crippen LogP contribution in [0.3, 0.4) is 0 Å². The molecular formula is C12H9ClN4O2. The second-order valence-electron chi connectivity index (χ2n) is 3.76. The van der Waals surface area contributed by atoms with Gasteiger partial charge in [-0.15, -0.1) is 0 Å². The summed E-state index contributed by atoms with van der Waals surface area (Å²) in [6, 6.07) is 6.07. The molecule has 1 heterocycles. The molecule has 0 bridgehead atoms. The summed E-state index contributed by atoms with van der Waals surface area (Å²) in [5, 5.41) is 25.3. The lowest BCUT2D eigenvalue weighted by atomic mass is 10.2. The van der Waals surface area contributed by atoms with Crippen LogP contribution >= 0.6 is 11.6 Å². The number of carbonyl (C=O) groups is 1. The smallest absolute Gasteiger partial charge is 0.260 e. The number of phenols is 1. The first kappa shape index (κ1) is 12.9. The van der Waals surface area contributed by atoms with E-state index in [4.69, 9.17) is 16.9 Å². The highest BCUT2D eigenvalue weighted by Gasteiger charge is 2.16.